The topological polar surface area (TPSA) is 75.3 Å². The van der Waals surface area contributed by atoms with E-state index in [1.54, 1.807) is 0 Å². The largest absolute Gasteiger partial charge is 0.346 e. The monoisotopic (exact) mass is 398 g/mol. The zero-order valence-corrected chi connectivity index (χ0v) is 15.9. The first-order valence-corrected chi connectivity index (χ1v) is 10.1. The third-order valence-corrected chi connectivity index (χ3v) is 5.54. The molecule has 0 radical (unpaired) electrons. The molecule has 1 amide bonds. The van der Waals surface area contributed by atoms with Gasteiger partial charge in [0, 0.05) is 5.56 Å². The maximum Gasteiger partial charge on any atom is 0.262 e. The number of carbonyl (C=O) groups is 1. The number of anilines is 1. The summed E-state index contributed by atoms with van der Waals surface area (Å²) in [5, 5.41) is 2.84. The first kappa shape index (κ1) is 19.6. The smallest absolute Gasteiger partial charge is 0.262 e. The Kier molecular flexibility index (Phi) is 5.75. The summed E-state index contributed by atoms with van der Waals surface area (Å²) < 4.78 is 41.1. The van der Waals surface area contributed by atoms with E-state index in [0.29, 0.717) is 0 Å². The van der Waals surface area contributed by atoms with Crippen LogP contribution in [0.5, 0.6) is 0 Å². The van der Waals surface area contributed by atoms with E-state index in [4.69, 9.17) is 0 Å². The molecule has 0 aliphatic carbocycles. The molecular formula is C21H19FN2O3S. The number of hydrogen-bond acceptors (Lipinski definition) is 3. The van der Waals surface area contributed by atoms with Crippen LogP contribution in [0.25, 0.3) is 0 Å². The Labute approximate surface area is 163 Å². The molecule has 0 saturated carbocycles. The standard InChI is InChI=1S/C21H19FN2O3S/c1-15(16-8-3-2-4-9-16)23-21(25)17-10-7-11-18(14-17)28(26,27)24-20-13-6-5-12-19(20)22/h2-15,24H,1H3,(H,23,25)/t15-/m0/s1. The summed E-state index contributed by atoms with van der Waals surface area (Å²) in [6.45, 7) is 1.84. The zero-order valence-electron chi connectivity index (χ0n) is 15.1. The highest BCUT2D eigenvalue weighted by atomic mass is 32.2. The minimum Gasteiger partial charge on any atom is -0.346 e. The van der Waals surface area contributed by atoms with Gasteiger partial charge < -0.3 is 5.32 Å². The van der Waals surface area contributed by atoms with Crippen LogP contribution in [0.1, 0.15) is 28.9 Å². The highest BCUT2D eigenvalue weighted by Gasteiger charge is 2.19. The van der Waals surface area contributed by atoms with E-state index in [-0.39, 0.29) is 22.2 Å². The molecule has 0 heterocycles. The van der Waals surface area contributed by atoms with Crippen molar-refractivity contribution in [2.45, 2.75) is 17.9 Å². The predicted molar refractivity (Wildman–Crippen MR) is 106 cm³/mol. The molecular weight excluding hydrogens is 379 g/mol. The molecule has 0 aromatic heterocycles. The van der Waals surface area contributed by atoms with Gasteiger partial charge in [-0.1, -0.05) is 48.5 Å². The highest BCUT2D eigenvalue weighted by Crippen LogP contribution is 2.20. The number of nitrogens with one attached hydrogen (secondary N) is 2. The van der Waals surface area contributed by atoms with Crippen LogP contribution < -0.4 is 10.0 Å². The van der Waals surface area contributed by atoms with Crippen LogP contribution in [0.3, 0.4) is 0 Å². The average Bonchev–Trinajstić information content (AvgIpc) is 2.70. The van der Waals surface area contributed by atoms with E-state index in [2.05, 4.69) is 10.0 Å². The molecule has 0 aliphatic rings. The number of benzene rings is 3. The van der Waals surface area contributed by atoms with Crippen LogP contribution in [0.2, 0.25) is 0 Å². The maximum atomic E-state index is 13.8. The fourth-order valence-corrected chi connectivity index (χ4v) is 3.77. The van der Waals surface area contributed by atoms with Crippen LogP contribution in [0, 0.1) is 5.82 Å². The minimum absolute atomic E-state index is 0.129. The van der Waals surface area contributed by atoms with Crippen molar-refractivity contribution in [2.24, 2.45) is 0 Å². The minimum atomic E-state index is -4.04. The third-order valence-electron chi connectivity index (χ3n) is 4.17. The average molecular weight is 398 g/mol. The number of para-hydroxylation sites is 1. The summed E-state index contributed by atoms with van der Waals surface area (Å²) in [4.78, 5) is 12.4. The fraction of sp³-hybridized carbons (Fsp3) is 0.0952. The van der Waals surface area contributed by atoms with Crippen LogP contribution in [0.4, 0.5) is 10.1 Å². The number of sulfonamides is 1. The van der Waals surface area contributed by atoms with Crippen molar-refractivity contribution >= 4 is 21.6 Å². The Morgan fingerprint density at radius 3 is 2.32 bits per heavy atom. The molecule has 0 spiro atoms. The van der Waals surface area contributed by atoms with Gasteiger partial charge in [0.25, 0.3) is 15.9 Å². The first-order chi connectivity index (χ1) is 13.4. The number of halogens is 1. The van der Waals surface area contributed by atoms with Crippen LogP contribution >= 0.6 is 0 Å². The molecule has 3 aromatic carbocycles. The molecule has 5 nitrogen and oxygen atoms in total. The second-order valence-electron chi connectivity index (χ2n) is 6.22. The van der Waals surface area contributed by atoms with Gasteiger partial charge in [-0.15, -0.1) is 0 Å². The third kappa shape index (κ3) is 4.55. The van der Waals surface area contributed by atoms with Gasteiger partial charge in [-0.2, -0.15) is 0 Å². The first-order valence-electron chi connectivity index (χ1n) is 8.60. The molecule has 3 rings (SSSR count). The molecule has 3 aromatic rings. The highest BCUT2D eigenvalue weighted by molar-refractivity contribution is 7.92. The lowest BCUT2D eigenvalue weighted by molar-refractivity contribution is 0.0939. The summed E-state index contributed by atoms with van der Waals surface area (Å²) in [6.07, 6.45) is 0. The van der Waals surface area contributed by atoms with Crippen molar-refractivity contribution in [2.75, 3.05) is 4.72 Å². The fourth-order valence-electron chi connectivity index (χ4n) is 2.66. The van der Waals surface area contributed by atoms with Crippen molar-refractivity contribution in [1.29, 1.82) is 0 Å². The lowest BCUT2D eigenvalue weighted by Gasteiger charge is -2.15. The molecule has 0 saturated heterocycles. The van der Waals surface area contributed by atoms with E-state index < -0.39 is 21.7 Å². The number of carbonyl (C=O) groups excluding carboxylic acids is 1. The predicted octanol–water partition coefficient (Wildman–Crippen LogP) is 4.12. The molecule has 0 fully saturated rings. The van der Waals surface area contributed by atoms with Gasteiger partial charge in [-0.3, -0.25) is 9.52 Å². The van der Waals surface area contributed by atoms with Crippen LogP contribution in [-0.4, -0.2) is 14.3 Å². The summed E-state index contributed by atoms with van der Waals surface area (Å²) in [6, 6.07) is 20.2. The zero-order chi connectivity index (χ0) is 20.1. The lowest BCUT2D eigenvalue weighted by Crippen LogP contribution is -2.27. The van der Waals surface area contributed by atoms with E-state index in [1.807, 2.05) is 37.3 Å². The quantitative estimate of drug-likeness (QED) is 0.656. The Bertz CT molecular complexity index is 1090. The van der Waals surface area contributed by atoms with Gasteiger partial charge in [-0.05, 0) is 42.8 Å². The molecule has 28 heavy (non-hydrogen) atoms. The van der Waals surface area contributed by atoms with E-state index in [0.717, 1.165) is 11.6 Å². The van der Waals surface area contributed by atoms with E-state index in [1.165, 1.54) is 42.5 Å². The van der Waals surface area contributed by atoms with Crippen molar-refractivity contribution in [1.82, 2.24) is 5.32 Å². The SMILES string of the molecule is C[C@H](NC(=O)c1cccc(S(=O)(=O)Nc2ccccc2F)c1)c1ccccc1. The second-order valence-corrected chi connectivity index (χ2v) is 7.90. The maximum absolute atomic E-state index is 13.8. The Morgan fingerprint density at radius 2 is 1.61 bits per heavy atom. The van der Waals surface area contributed by atoms with Gasteiger partial charge in [-0.25, -0.2) is 12.8 Å². The number of amides is 1. The molecule has 144 valence electrons. The molecule has 0 bridgehead atoms. The van der Waals surface area contributed by atoms with Gasteiger partial charge >= 0.3 is 0 Å². The Morgan fingerprint density at radius 1 is 0.929 bits per heavy atom. The van der Waals surface area contributed by atoms with Crippen LogP contribution in [-0.2, 0) is 10.0 Å². The molecule has 0 unspecified atom stereocenters. The molecule has 2 N–H and O–H groups in total. The summed E-state index contributed by atoms with van der Waals surface area (Å²) in [5.41, 5.74) is 0.968. The van der Waals surface area contributed by atoms with Crippen LogP contribution in [0.15, 0.2) is 83.8 Å². The van der Waals surface area contributed by atoms with Gasteiger partial charge in [0.1, 0.15) is 5.82 Å². The summed E-state index contributed by atoms with van der Waals surface area (Å²) in [5.74, 6) is -1.09. The molecule has 7 heteroatoms. The second kappa shape index (κ2) is 8.22. The van der Waals surface area contributed by atoms with Gasteiger partial charge in [0.2, 0.25) is 0 Å². The summed E-state index contributed by atoms with van der Waals surface area (Å²) >= 11 is 0. The molecule has 0 aliphatic heterocycles. The number of rotatable bonds is 6. The van der Waals surface area contributed by atoms with Crippen molar-refractivity contribution in [3.63, 3.8) is 0 Å². The Hall–Kier alpha value is -3.19. The lowest BCUT2D eigenvalue weighted by atomic mass is 10.1. The van der Waals surface area contributed by atoms with Crippen molar-refractivity contribution < 1.29 is 17.6 Å². The summed E-state index contributed by atoms with van der Waals surface area (Å²) in [7, 11) is -4.04. The van der Waals surface area contributed by atoms with Crippen molar-refractivity contribution in [3.05, 3.63) is 95.8 Å². The van der Waals surface area contributed by atoms with Crippen molar-refractivity contribution in [3.8, 4) is 0 Å². The molecule has 1 atom stereocenters. The van der Waals surface area contributed by atoms with E-state index >= 15 is 0 Å². The van der Waals surface area contributed by atoms with Gasteiger partial charge in [0.05, 0.1) is 16.6 Å². The van der Waals surface area contributed by atoms with E-state index in [9.17, 15) is 17.6 Å². The normalized spacial score (nSPS) is 12.2. The van der Waals surface area contributed by atoms with Gasteiger partial charge in [0.15, 0.2) is 0 Å². The number of hydrogen-bond donors (Lipinski definition) is 2. The Balaban J connectivity index is 1.79.